The van der Waals surface area contributed by atoms with Gasteiger partial charge >= 0.3 is 0 Å². The maximum atomic E-state index is 4.68. The molecule has 0 amide bonds. The summed E-state index contributed by atoms with van der Waals surface area (Å²) >= 11 is 1.73. The zero-order valence-corrected chi connectivity index (χ0v) is 16.6. The van der Waals surface area contributed by atoms with Crippen molar-refractivity contribution in [3.63, 3.8) is 0 Å². The van der Waals surface area contributed by atoms with E-state index in [0.29, 0.717) is 6.54 Å². The van der Waals surface area contributed by atoms with Crippen LogP contribution in [0.4, 0.5) is 0 Å². The van der Waals surface area contributed by atoms with E-state index in [4.69, 9.17) is 0 Å². The van der Waals surface area contributed by atoms with Gasteiger partial charge in [-0.25, -0.2) is 9.50 Å². The van der Waals surface area contributed by atoms with Gasteiger partial charge in [0, 0.05) is 29.7 Å². The summed E-state index contributed by atoms with van der Waals surface area (Å²) in [6.45, 7) is 6.84. The fourth-order valence-corrected chi connectivity index (χ4v) is 3.97. The van der Waals surface area contributed by atoms with Gasteiger partial charge in [-0.1, -0.05) is 6.07 Å². The normalized spacial score (nSPS) is 12.6. The molecule has 0 aliphatic carbocycles. The van der Waals surface area contributed by atoms with Crippen molar-refractivity contribution in [2.24, 2.45) is 0 Å². The number of hydrogen-bond acceptors (Lipinski definition) is 5. The molecule has 0 unspecified atom stereocenters. The molecule has 27 heavy (non-hydrogen) atoms. The zero-order chi connectivity index (χ0) is 18.8. The van der Waals surface area contributed by atoms with E-state index in [-0.39, 0.29) is 6.04 Å². The van der Waals surface area contributed by atoms with E-state index >= 15 is 0 Å². The van der Waals surface area contributed by atoms with Crippen LogP contribution >= 0.6 is 11.3 Å². The molecule has 0 spiro atoms. The van der Waals surface area contributed by atoms with Gasteiger partial charge in [0.1, 0.15) is 0 Å². The smallest absolute Gasteiger partial charge is 0.159 e. The summed E-state index contributed by atoms with van der Waals surface area (Å²) in [6.07, 6.45) is 4.75. The molecular formula is C21H23N5S. The van der Waals surface area contributed by atoms with Crippen LogP contribution in [0, 0.1) is 20.8 Å². The van der Waals surface area contributed by atoms with E-state index in [2.05, 4.69) is 63.2 Å². The van der Waals surface area contributed by atoms with Gasteiger partial charge < -0.3 is 5.32 Å². The highest BCUT2D eigenvalue weighted by molar-refractivity contribution is 7.07. The standard InChI is InChI=1S/C21H23N5S/c1-14-4-5-19(22-10-14)20(9-17-6-7-27-13-17)23-11-18-12-24-26-16(3)8-15(2)25-21(18)26/h4-8,10,12-13,20,23H,9,11H2,1-3H3/t20-/m1/s1. The minimum atomic E-state index is 0.140. The van der Waals surface area contributed by atoms with Crippen molar-refractivity contribution in [3.8, 4) is 0 Å². The first-order valence-corrected chi connectivity index (χ1v) is 10.0. The molecule has 4 rings (SSSR count). The zero-order valence-electron chi connectivity index (χ0n) is 15.8. The van der Waals surface area contributed by atoms with Crippen molar-refractivity contribution >= 4 is 17.0 Å². The van der Waals surface area contributed by atoms with E-state index in [9.17, 15) is 0 Å². The van der Waals surface area contributed by atoms with E-state index in [0.717, 1.165) is 34.7 Å². The largest absolute Gasteiger partial charge is 0.304 e. The number of aromatic nitrogens is 4. The summed E-state index contributed by atoms with van der Waals surface area (Å²) in [5.74, 6) is 0. The maximum absolute atomic E-state index is 4.68. The van der Waals surface area contributed by atoms with Crippen molar-refractivity contribution in [3.05, 3.63) is 81.2 Å². The average molecular weight is 378 g/mol. The summed E-state index contributed by atoms with van der Waals surface area (Å²) in [5.41, 5.74) is 7.69. The van der Waals surface area contributed by atoms with E-state index < -0.39 is 0 Å². The highest BCUT2D eigenvalue weighted by Gasteiger charge is 2.16. The molecule has 138 valence electrons. The predicted molar refractivity (Wildman–Crippen MR) is 109 cm³/mol. The molecule has 0 radical (unpaired) electrons. The van der Waals surface area contributed by atoms with Crippen LogP contribution in [0.1, 0.15) is 39.8 Å². The lowest BCUT2D eigenvalue weighted by Crippen LogP contribution is -2.24. The number of nitrogens with zero attached hydrogens (tertiary/aromatic N) is 4. The average Bonchev–Trinajstić information content (AvgIpc) is 3.29. The number of pyridine rings is 1. The van der Waals surface area contributed by atoms with Crippen LogP contribution in [-0.2, 0) is 13.0 Å². The number of nitrogens with one attached hydrogen (secondary N) is 1. The predicted octanol–water partition coefficient (Wildman–Crippen LogP) is 4.18. The van der Waals surface area contributed by atoms with Crippen LogP contribution in [0.3, 0.4) is 0 Å². The van der Waals surface area contributed by atoms with Crippen molar-refractivity contribution < 1.29 is 0 Å². The third-order valence-corrected chi connectivity index (χ3v) is 5.43. The molecule has 0 aliphatic heterocycles. The van der Waals surface area contributed by atoms with Crippen LogP contribution in [0.25, 0.3) is 5.65 Å². The molecule has 0 fully saturated rings. The van der Waals surface area contributed by atoms with Gasteiger partial charge in [-0.2, -0.15) is 16.4 Å². The second-order valence-corrected chi connectivity index (χ2v) is 7.75. The summed E-state index contributed by atoms with van der Waals surface area (Å²) < 4.78 is 1.90. The second-order valence-electron chi connectivity index (χ2n) is 6.97. The van der Waals surface area contributed by atoms with Gasteiger partial charge in [0.15, 0.2) is 5.65 Å². The Labute approximate surface area is 163 Å². The quantitative estimate of drug-likeness (QED) is 0.547. The molecule has 0 bridgehead atoms. The maximum Gasteiger partial charge on any atom is 0.159 e. The Morgan fingerprint density at radius 2 is 2.04 bits per heavy atom. The molecular weight excluding hydrogens is 354 g/mol. The lowest BCUT2D eigenvalue weighted by molar-refractivity contribution is 0.519. The molecule has 0 aromatic carbocycles. The Morgan fingerprint density at radius 3 is 2.78 bits per heavy atom. The first-order valence-electron chi connectivity index (χ1n) is 9.08. The van der Waals surface area contributed by atoms with Gasteiger partial charge in [0.2, 0.25) is 0 Å². The SMILES string of the molecule is Cc1ccc([C@@H](Cc2ccsc2)NCc2cnn3c(C)cc(C)nc23)nc1. The van der Waals surface area contributed by atoms with Crippen molar-refractivity contribution in [2.45, 2.75) is 39.8 Å². The minimum absolute atomic E-state index is 0.140. The monoisotopic (exact) mass is 377 g/mol. The van der Waals surface area contributed by atoms with Crippen molar-refractivity contribution in [1.29, 1.82) is 0 Å². The summed E-state index contributed by atoms with van der Waals surface area (Å²) in [4.78, 5) is 9.34. The summed E-state index contributed by atoms with van der Waals surface area (Å²) in [7, 11) is 0. The van der Waals surface area contributed by atoms with Gasteiger partial charge in [-0.05, 0) is 67.3 Å². The highest BCUT2D eigenvalue weighted by atomic mass is 32.1. The van der Waals surface area contributed by atoms with E-state index in [1.54, 1.807) is 11.3 Å². The van der Waals surface area contributed by atoms with Crippen LogP contribution in [0.2, 0.25) is 0 Å². The van der Waals surface area contributed by atoms with Gasteiger partial charge in [0.05, 0.1) is 17.9 Å². The summed E-state index contributed by atoms with van der Waals surface area (Å²) in [6, 6.07) is 8.60. The van der Waals surface area contributed by atoms with Gasteiger partial charge in [0.25, 0.3) is 0 Å². The van der Waals surface area contributed by atoms with Gasteiger partial charge in [-0.15, -0.1) is 0 Å². The molecule has 4 heterocycles. The third-order valence-electron chi connectivity index (χ3n) is 4.70. The van der Waals surface area contributed by atoms with Gasteiger partial charge in [-0.3, -0.25) is 4.98 Å². The Kier molecular flexibility index (Phi) is 5.01. The fraction of sp³-hybridized carbons (Fsp3) is 0.286. The minimum Gasteiger partial charge on any atom is -0.304 e. The van der Waals surface area contributed by atoms with Crippen LogP contribution in [-0.4, -0.2) is 19.6 Å². The summed E-state index contributed by atoms with van der Waals surface area (Å²) in [5, 5.41) is 12.5. The lowest BCUT2D eigenvalue weighted by Gasteiger charge is -2.18. The first kappa shape index (κ1) is 17.8. The Balaban J connectivity index is 1.59. The topological polar surface area (TPSA) is 55.1 Å². The third kappa shape index (κ3) is 3.91. The molecule has 5 nitrogen and oxygen atoms in total. The van der Waals surface area contributed by atoms with Crippen LogP contribution in [0.5, 0.6) is 0 Å². The van der Waals surface area contributed by atoms with Crippen LogP contribution in [0.15, 0.2) is 47.4 Å². The Bertz CT molecular complexity index is 1030. The van der Waals surface area contributed by atoms with Crippen molar-refractivity contribution in [1.82, 2.24) is 24.9 Å². The number of aryl methyl sites for hydroxylation is 3. The number of hydrogen-bond donors (Lipinski definition) is 1. The molecule has 1 N–H and O–H groups in total. The molecule has 0 aliphatic rings. The first-order chi connectivity index (χ1) is 13.1. The van der Waals surface area contributed by atoms with E-state index in [1.807, 2.05) is 29.9 Å². The number of thiophene rings is 1. The van der Waals surface area contributed by atoms with E-state index in [1.165, 1.54) is 11.1 Å². The molecule has 0 saturated heterocycles. The Morgan fingerprint density at radius 1 is 1.15 bits per heavy atom. The number of fused-ring (bicyclic) bond motifs is 1. The van der Waals surface area contributed by atoms with Crippen LogP contribution < -0.4 is 5.32 Å². The molecule has 4 aromatic rings. The lowest BCUT2D eigenvalue weighted by atomic mass is 10.0. The fourth-order valence-electron chi connectivity index (χ4n) is 3.28. The molecule has 0 saturated carbocycles. The molecule has 6 heteroatoms. The van der Waals surface area contributed by atoms with Crippen molar-refractivity contribution in [2.75, 3.05) is 0 Å². The highest BCUT2D eigenvalue weighted by Crippen LogP contribution is 2.20. The second kappa shape index (κ2) is 7.58. The molecule has 4 aromatic heterocycles. The molecule has 1 atom stereocenters. The Hall–Kier alpha value is -2.57. The number of rotatable bonds is 6.